The van der Waals surface area contributed by atoms with Crippen LogP contribution in [0.3, 0.4) is 0 Å². The minimum absolute atomic E-state index is 0.0405. The van der Waals surface area contributed by atoms with Gasteiger partial charge in [0.1, 0.15) is 22.9 Å². The van der Waals surface area contributed by atoms with E-state index in [1.165, 1.54) is 0 Å². The Labute approximate surface area is 492 Å². The fraction of sp³-hybridized carbons (Fsp3) is 0.228. The van der Waals surface area contributed by atoms with Gasteiger partial charge in [-0.05, 0) is 184 Å². The van der Waals surface area contributed by atoms with Crippen molar-refractivity contribution in [2.24, 2.45) is 40.9 Å². The van der Waals surface area contributed by atoms with Crippen LogP contribution in [0.25, 0.3) is 21.5 Å². The predicted octanol–water partition coefficient (Wildman–Crippen LogP) is 14.7. The number of nitrogens with one attached hydrogen (secondary N) is 1. The highest BCUT2D eigenvalue weighted by atomic mass is 32.2. The van der Waals surface area contributed by atoms with Crippen molar-refractivity contribution in [1.82, 2.24) is 0 Å². The number of rotatable bonds is 22. The summed E-state index contributed by atoms with van der Waals surface area (Å²) in [6, 6.07) is 41.4. The molecular weight excluding hydrogens is 1180 g/mol. The Morgan fingerprint density at radius 1 is 0.412 bits per heavy atom. The van der Waals surface area contributed by atoms with Gasteiger partial charge in [0.15, 0.2) is 5.75 Å². The number of fused-ring (bicyclic) bond motifs is 2. The maximum absolute atomic E-state index is 11.3. The molecule has 0 aromatic heterocycles. The van der Waals surface area contributed by atoms with E-state index >= 15 is 0 Å². The Kier molecular flexibility index (Phi) is 23.3. The topological polar surface area (TPSA) is 361 Å². The molecule has 0 heterocycles. The average molecular weight is 1240 g/mol. The number of aryl methyl sites for hydroxylation is 5. The smallest absolute Gasteiger partial charge is 0.425 e. The highest BCUT2D eigenvalue weighted by molar-refractivity contribution is 7.86. The molecule has 0 saturated heterocycles. The van der Waals surface area contributed by atoms with Gasteiger partial charge in [0.05, 0.1) is 58.8 Å². The lowest BCUT2D eigenvalue weighted by molar-refractivity contribution is 0.310. The maximum Gasteiger partial charge on any atom is 0.425 e. The van der Waals surface area contributed by atoms with Gasteiger partial charge >= 0.3 is 21.2 Å². The number of phenolic OH excluding ortho intramolecular Hbond substituents is 1. The summed E-state index contributed by atoms with van der Waals surface area (Å²) in [7, 11) is -14.4. The molecule has 8 rings (SSSR count). The molecule has 85 heavy (non-hydrogen) atoms. The van der Waals surface area contributed by atoms with E-state index in [4.69, 9.17) is 39.3 Å². The van der Waals surface area contributed by atoms with Crippen molar-refractivity contribution >= 4 is 120 Å². The number of unbranched alkanes of at least 4 members (excludes halogenated alkanes) is 2. The van der Waals surface area contributed by atoms with Crippen molar-refractivity contribution in [3.8, 4) is 17.2 Å². The van der Waals surface area contributed by atoms with E-state index in [0.29, 0.717) is 75.2 Å². The number of aromatic hydroxyl groups is 1. The van der Waals surface area contributed by atoms with Gasteiger partial charge in [-0.15, -0.1) is 35.5 Å². The first-order valence-corrected chi connectivity index (χ1v) is 30.9. The SMILES string of the molecule is Cc1cc(N=Nc2cc(C)c(N=Nc3cc(C)c(N=Nc4ccc5cc(Nc6ccccc6)ccc5c4O)cc3C)cc2C)c(OCCCCS(=O)(=O)O)cc1N=Nc1ccc2cccc(OCCCCS(=O)(=O)O)c2c1.O=S(=O)=O.O=S(=O)=O. The molecule has 24 nitrogen and oxygen atoms in total. The molecule has 0 saturated carbocycles. The summed E-state index contributed by atoms with van der Waals surface area (Å²) in [4.78, 5) is 0. The van der Waals surface area contributed by atoms with Crippen molar-refractivity contribution in [3.05, 3.63) is 161 Å². The molecule has 0 amide bonds. The van der Waals surface area contributed by atoms with Crippen molar-refractivity contribution < 1.29 is 65.8 Å². The van der Waals surface area contributed by atoms with Gasteiger partial charge < -0.3 is 19.9 Å². The van der Waals surface area contributed by atoms with Gasteiger partial charge in [-0.3, -0.25) is 9.11 Å². The number of anilines is 2. The number of para-hydroxylation sites is 1. The minimum Gasteiger partial charge on any atom is -0.505 e. The van der Waals surface area contributed by atoms with Crippen LogP contribution in [0.2, 0.25) is 0 Å². The monoisotopic (exact) mass is 1240 g/mol. The fourth-order valence-electron chi connectivity index (χ4n) is 8.11. The van der Waals surface area contributed by atoms with Crippen molar-refractivity contribution in [3.63, 3.8) is 0 Å². The van der Waals surface area contributed by atoms with E-state index in [-0.39, 0.29) is 37.6 Å². The van der Waals surface area contributed by atoms with Crippen LogP contribution in [0.1, 0.15) is 53.5 Å². The number of ether oxygens (including phenoxy) is 2. The molecular formula is C57H57N9O15S4. The Morgan fingerprint density at radius 2 is 0.859 bits per heavy atom. The molecule has 0 aliphatic carbocycles. The van der Waals surface area contributed by atoms with Gasteiger partial charge in [0.2, 0.25) is 0 Å². The van der Waals surface area contributed by atoms with Gasteiger partial charge in [0.25, 0.3) is 20.2 Å². The van der Waals surface area contributed by atoms with Crippen LogP contribution in [0.4, 0.5) is 56.9 Å². The minimum atomic E-state index is -4.13. The number of phenols is 1. The van der Waals surface area contributed by atoms with Gasteiger partial charge in [0, 0.05) is 28.2 Å². The summed E-state index contributed by atoms with van der Waals surface area (Å²) >= 11 is 0. The first-order valence-electron chi connectivity index (χ1n) is 25.7. The predicted molar refractivity (Wildman–Crippen MR) is 321 cm³/mol. The van der Waals surface area contributed by atoms with E-state index in [2.05, 4.69) is 46.2 Å². The van der Waals surface area contributed by atoms with E-state index in [9.17, 15) is 26.5 Å². The van der Waals surface area contributed by atoms with Crippen LogP contribution in [0.5, 0.6) is 17.2 Å². The molecule has 0 aliphatic rings. The Morgan fingerprint density at radius 3 is 1.38 bits per heavy atom. The lowest BCUT2D eigenvalue weighted by Crippen LogP contribution is -2.06. The summed E-state index contributed by atoms with van der Waals surface area (Å²) in [6.07, 6.45) is 1.20. The van der Waals surface area contributed by atoms with Crippen LogP contribution < -0.4 is 14.8 Å². The second kappa shape index (κ2) is 30.5. The zero-order valence-electron chi connectivity index (χ0n) is 46.3. The lowest BCUT2D eigenvalue weighted by Gasteiger charge is -2.11. The second-order valence-electron chi connectivity index (χ2n) is 18.9. The molecule has 0 aliphatic heterocycles. The average Bonchev–Trinajstić information content (AvgIpc) is 3.54. The van der Waals surface area contributed by atoms with E-state index < -0.39 is 47.2 Å². The molecule has 444 valence electrons. The zero-order chi connectivity index (χ0) is 61.8. The fourth-order valence-corrected chi connectivity index (χ4v) is 9.24. The third kappa shape index (κ3) is 21.0. The first kappa shape index (κ1) is 65.1. The van der Waals surface area contributed by atoms with E-state index in [1.54, 1.807) is 18.2 Å². The zero-order valence-corrected chi connectivity index (χ0v) is 49.6. The summed E-state index contributed by atoms with van der Waals surface area (Å²) in [5, 5.41) is 54.1. The second-order valence-corrected chi connectivity index (χ2v) is 22.8. The largest absolute Gasteiger partial charge is 0.505 e. The molecule has 0 unspecified atom stereocenters. The number of hydrogen-bond acceptors (Lipinski definition) is 22. The van der Waals surface area contributed by atoms with Crippen molar-refractivity contribution in [1.29, 1.82) is 0 Å². The molecule has 0 fully saturated rings. The Bertz CT molecular complexity index is 4300. The normalized spacial score (nSPS) is 11.7. The molecule has 0 spiro atoms. The standard InChI is InChI=1S/C57H57N9O9S2.2O3S/c1-36-29-50(37(2)28-49(36)62-60-48-23-19-42-33-44(21-22-46(42)57(48)67)58-43-15-7-6-8-16-43)63-64-51-30-39(4)52(31-38(51)3)65-66-54-32-40(5)53(35-56(54)75-25-10-12-27-77(71,72)73)61-59-45-20-18-41-14-13-17-55(47(41)34-45)74-24-9-11-26-76(68,69)70;2*1-4(2)3/h6-8,13-23,28-35,58,67H,9-12,24-27H2,1-5H3,(H,68,69,70)(H,71,72,73);;. The summed E-state index contributed by atoms with van der Waals surface area (Å²) < 4.78 is 126. The van der Waals surface area contributed by atoms with Crippen LogP contribution in [-0.2, 0) is 41.5 Å². The molecule has 8 aromatic rings. The number of nitrogens with zero attached hydrogens (tertiary/aromatic N) is 8. The maximum atomic E-state index is 11.3. The molecule has 8 aromatic carbocycles. The third-order valence-electron chi connectivity index (χ3n) is 12.3. The Balaban J connectivity index is 0.00000136. The third-order valence-corrected chi connectivity index (χ3v) is 14.0. The highest BCUT2D eigenvalue weighted by Gasteiger charge is 2.14. The van der Waals surface area contributed by atoms with Gasteiger partial charge in [-0.2, -0.15) is 47.5 Å². The first-order chi connectivity index (χ1) is 40.3. The van der Waals surface area contributed by atoms with E-state index in [0.717, 1.165) is 55.4 Å². The van der Waals surface area contributed by atoms with Crippen molar-refractivity contribution in [2.75, 3.05) is 30.0 Å². The van der Waals surface area contributed by atoms with Gasteiger partial charge in [-0.1, -0.05) is 42.5 Å². The summed E-state index contributed by atoms with van der Waals surface area (Å²) in [5.41, 5.74) is 10.1. The molecule has 0 bridgehead atoms. The molecule has 28 heteroatoms. The number of hydrogen-bond donors (Lipinski definition) is 4. The Hall–Kier alpha value is -9.06. The number of azo groups is 4. The number of benzene rings is 8. The van der Waals surface area contributed by atoms with Crippen LogP contribution >= 0.6 is 0 Å². The van der Waals surface area contributed by atoms with Crippen LogP contribution in [0, 0.1) is 34.6 Å². The molecule has 0 radical (unpaired) electrons. The highest BCUT2D eigenvalue weighted by Crippen LogP contribution is 2.41. The van der Waals surface area contributed by atoms with E-state index in [1.807, 2.05) is 150 Å². The quantitative estimate of drug-likeness (QED) is 0.0278. The summed E-state index contributed by atoms with van der Waals surface area (Å²) in [5.74, 6) is 0.231. The molecule has 4 N–H and O–H groups in total. The summed E-state index contributed by atoms with van der Waals surface area (Å²) in [6.45, 7) is 9.86. The van der Waals surface area contributed by atoms with Crippen LogP contribution in [0.15, 0.2) is 174 Å². The van der Waals surface area contributed by atoms with Gasteiger partial charge in [-0.25, -0.2) is 0 Å². The van der Waals surface area contributed by atoms with Crippen molar-refractivity contribution in [2.45, 2.75) is 60.3 Å². The molecule has 0 atom stereocenters. The van der Waals surface area contributed by atoms with Crippen LogP contribution in [-0.4, -0.2) is 81.0 Å². The lowest BCUT2D eigenvalue weighted by atomic mass is 10.1.